The van der Waals surface area contributed by atoms with E-state index in [1.807, 2.05) is 30.3 Å². The number of methoxy groups -OCH3 is 2. The van der Waals surface area contributed by atoms with Crippen LogP contribution in [-0.2, 0) is 32.6 Å². The molecule has 0 aromatic heterocycles. The number of carbonyl (C=O) groups is 2. The van der Waals surface area contributed by atoms with Crippen molar-refractivity contribution in [1.29, 1.82) is 0 Å². The van der Waals surface area contributed by atoms with Crippen LogP contribution in [0.1, 0.15) is 11.1 Å². The maximum atomic E-state index is 14.1. The number of anilines is 1. The van der Waals surface area contributed by atoms with Gasteiger partial charge in [-0.15, -0.1) is 0 Å². The minimum absolute atomic E-state index is 0.134. The van der Waals surface area contributed by atoms with Crippen molar-refractivity contribution in [3.63, 3.8) is 0 Å². The van der Waals surface area contributed by atoms with Crippen LogP contribution in [0.4, 0.5) is 5.69 Å². The summed E-state index contributed by atoms with van der Waals surface area (Å²) in [5, 5.41) is 3.22. The third-order valence-electron chi connectivity index (χ3n) is 6.24. The zero-order chi connectivity index (χ0) is 29.4. The molecule has 0 aliphatic heterocycles. The second kappa shape index (κ2) is 13.7. The van der Waals surface area contributed by atoms with Crippen LogP contribution in [0.25, 0.3) is 0 Å². The van der Waals surface area contributed by atoms with Gasteiger partial charge in [0.15, 0.2) is 0 Å². The summed E-state index contributed by atoms with van der Waals surface area (Å²) in [5.74, 6) is -0.458. The summed E-state index contributed by atoms with van der Waals surface area (Å²) in [4.78, 5) is 28.6. The molecule has 9 nitrogen and oxygen atoms in total. The summed E-state index contributed by atoms with van der Waals surface area (Å²) in [6, 6.07) is 17.7. The highest BCUT2D eigenvalue weighted by molar-refractivity contribution is 7.92. The summed E-state index contributed by atoms with van der Waals surface area (Å²) in [7, 11) is 0.333. The van der Waals surface area contributed by atoms with Gasteiger partial charge in [0.05, 0.1) is 26.2 Å². The fourth-order valence-corrected chi connectivity index (χ4v) is 5.53. The zero-order valence-corrected chi connectivity index (χ0v) is 24.9. The average Bonchev–Trinajstić information content (AvgIpc) is 2.94. The number of nitrogens with zero attached hydrogens (tertiary/aromatic N) is 2. The molecule has 3 rings (SSSR count). The van der Waals surface area contributed by atoms with E-state index in [-0.39, 0.29) is 24.4 Å². The highest BCUT2D eigenvalue weighted by Crippen LogP contribution is 2.34. The summed E-state index contributed by atoms with van der Waals surface area (Å²) in [6.07, 6.45) is 1.15. The van der Waals surface area contributed by atoms with E-state index in [1.54, 1.807) is 24.3 Å². The van der Waals surface area contributed by atoms with Crippen molar-refractivity contribution in [1.82, 2.24) is 10.2 Å². The first-order valence-corrected chi connectivity index (χ1v) is 14.8. The number of nitrogens with one attached hydrogen (secondary N) is 1. The van der Waals surface area contributed by atoms with E-state index in [2.05, 4.69) is 5.32 Å². The number of amides is 2. The number of ether oxygens (including phenoxy) is 2. The van der Waals surface area contributed by atoms with E-state index < -0.39 is 34.4 Å². The maximum Gasteiger partial charge on any atom is 0.244 e. The number of likely N-dealkylation sites (N-methyl/N-ethyl adjacent to an activating group) is 1. The maximum absolute atomic E-state index is 14.1. The second-order valence-electron chi connectivity index (χ2n) is 8.85. The molecule has 0 heterocycles. The number of hydrogen-bond donors (Lipinski definition) is 1. The van der Waals surface area contributed by atoms with Crippen LogP contribution < -0.4 is 19.1 Å². The van der Waals surface area contributed by atoms with Gasteiger partial charge in [-0.05, 0) is 29.8 Å². The van der Waals surface area contributed by atoms with Crippen molar-refractivity contribution in [2.75, 3.05) is 38.4 Å². The quantitative estimate of drug-likeness (QED) is 0.331. The third kappa shape index (κ3) is 7.59. The average molecular weight is 609 g/mol. The van der Waals surface area contributed by atoms with E-state index in [9.17, 15) is 18.0 Å². The fraction of sp³-hybridized carbons (Fsp3) is 0.286. The van der Waals surface area contributed by atoms with Crippen LogP contribution in [0.15, 0.2) is 66.7 Å². The Morgan fingerprint density at radius 3 is 2.15 bits per heavy atom. The van der Waals surface area contributed by atoms with Crippen molar-refractivity contribution in [2.24, 2.45) is 0 Å². The van der Waals surface area contributed by atoms with Crippen LogP contribution in [0.3, 0.4) is 0 Å². The molecule has 2 amide bonds. The van der Waals surface area contributed by atoms with E-state index >= 15 is 0 Å². The number of halogens is 2. The van der Waals surface area contributed by atoms with E-state index in [1.165, 1.54) is 38.3 Å². The normalized spacial score (nSPS) is 11.8. The largest absolute Gasteiger partial charge is 0.497 e. The Kier molecular flexibility index (Phi) is 10.7. The smallest absolute Gasteiger partial charge is 0.244 e. The lowest BCUT2D eigenvalue weighted by Crippen LogP contribution is -2.53. The molecule has 0 saturated heterocycles. The van der Waals surface area contributed by atoms with Gasteiger partial charge in [0, 0.05) is 41.7 Å². The first-order chi connectivity index (χ1) is 19.0. The molecule has 40 heavy (non-hydrogen) atoms. The molecule has 0 unspecified atom stereocenters. The van der Waals surface area contributed by atoms with Crippen LogP contribution in [-0.4, -0.2) is 65.2 Å². The molecule has 0 aliphatic carbocycles. The van der Waals surface area contributed by atoms with Crippen LogP contribution in [0, 0.1) is 0 Å². The Labute approximate surface area is 244 Å². The zero-order valence-electron chi connectivity index (χ0n) is 22.6. The second-order valence-corrected chi connectivity index (χ2v) is 11.6. The summed E-state index contributed by atoms with van der Waals surface area (Å²) in [6.45, 7) is -0.758. The molecule has 0 aliphatic rings. The molecule has 3 aromatic rings. The number of hydrogen-bond acceptors (Lipinski definition) is 6. The molecular weight excluding hydrogens is 577 g/mol. The van der Waals surface area contributed by atoms with Crippen LogP contribution in [0.2, 0.25) is 10.0 Å². The van der Waals surface area contributed by atoms with Gasteiger partial charge in [-0.1, -0.05) is 59.6 Å². The first kappa shape index (κ1) is 31.1. The van der Waals surface area contributed by atoms with E-state index in [0.29, 0.717) is 21.4 Å². The number of carbonyl (C=O) groups excluding carboxylic acids is 2. The molecule has 12 heteroatoms. The van der Waals surface area contributed by atoms with Gasteiger partial charge in [-0.2, -0.15) is 0 Å². The van der Waals surface area contributed by atoms with Gasteiger partial charge in [-0.25, -0.2) is 8.42 Å². The Morgan fingerprint density at radius 1 is 0.950 bits per heavy atom. The van der Waals surface area contributed by atoms with Crippen molar-refractivity contribution < 1.29 is 27.5 Å². The van der Waals surface area contributed by atoms with Gasteiger partial charge >= 0.3 is 0 Å². The fourth-order valence-electron chi connectivity index (χ4n) is 4.16. The Balaban J connectivity index is 2.11. The monoisotopic (exact) mass is 607 g/mol. The van der Waals surface area contributed by atoms with Crippen molar-refractivity contribution in [3.8, 4) is 11.5 Å². The number of benzene rings is 3. The van der Waals surface area contributed by atoms with Crippen molar-refractivity contribution in [3.05, 3.63) is 87.9 Å². The lowest BCUT2D eigenvalue weighted by Gasteiger charge is -2.33. The Bertz CT molecular complexity index is 1430. The minimum atomic E-state index is -3.99. The van der Waals surface area contributed by atoms with Gasteiger partial charge in [0.2, 0.25) is 21.8 Å². The summed E-state index contributed by atoms with van der Waals surface area (Å²) >= 11 is 12.9. The van der Waals surface area contributed by atoms with E-state index in [4.69, 9.17) is 32.7 Å². The summed E-state index contributed by atoms with van der Waals surface area (Å²) < 4.78 is 37.5. The molecule has 1 N–H and O–H groups in total. The van der Waals surface area contributed by atoms with Crippen LogP contribution >= 0.6 is 23.2 Å². The molecule has 1 atom stereocenters. The Morgan fingerprint density at radius 2 is 1.60 bits per heavy atom. The van der Waals surface area contributed by atoms with E-state index in [0.717, 1.165) is 16.1 Å². The molecule has 214 valence electrons. The highest BCUT2D eigenvalue weighted by atomic mass is 35.5. The van der Waals surface area contributed by atoms with Crippen molar-refractivity contribution in [2.45, 2.75) is 19.0 Å². The SMILES string of the molecule is CNC(=O)[C@H](Cc1ccccc1)N(Cc1c(Cl)cccc1Cl)C(=O)CN(c1ccc(OC)cc1OC)S(C)(=O)=O. The highest BCUT2D eigenvalue weighted by Gasteiger charge is 2.34. The van der Waals surface area contributed by atoms with Crippen molar-refractivity contribution >= 4 is 50.7 Å². The standard InChI is InChI=1S/C28H31Cl2N3O6S/c1-31-28(35)25(15-19-9-6-5-7-10-19)32(17-21-22(29)11-8-12-23(21)30)27(34)18-33(40(4,36)37)24-14-13-20(38-2)16-26(24)39-3/h5-14,16,25H,15,17-18H2,1-4H3,(H,31,35)/t25-/m0/s1. The predicted molar refractivity (Wildman–Crippen MR) is 157 cm³/mol. The predicted octanol–water partition coefficient (Wildman–Crippen LogP) is 4.16. The van der Waals surface area contributed by atoms with Gasteiger partial charge in [0.25, 0.3) is 0 Å². The summed E-state index contributed by atoms with van der Waals surface area (Å²) in [5.41, 5.74) is 1.36. The Hall–Kier alpha value is -3.47. The molecular formula is C28H31Cl2N3O6S. The number of sulfonamides is 1. The minimum Gasteiger partial charge on any atom is -0.497 e. The third-order valence-corrected chi connectivity index (χ3v) is 8.08. The lowest BCUT2D eigenvalue weighted by molar-refractivity contribution is -0.139. The molecule has 0 saturated carbocycles. The first-order valence-electron chi connectivity index (χ1n) is 12.2. The molecule has 0 bridgehead atoms. The van der Waals surface area contributed by atoms with Crippen LogP contribution in [0.5, 0.6) is 11.5 Å². The van der Waals surface area contributed by atoms with Gasteiger partial charge in [-0.3, -0.25) is 13.9 Å². The molecule has 0 fully saturated rings. The topological polar surface area (TPSA) is 105 Å². The lowest BCUT2D eigenvalue weighted by atomic mass is 10.0. The van der Waals surface area contributed by atoms with Gasteiger partial charge < -0.3 is 19.7 Å². The molecule has 0 spiro atoms. The van der Waals surface area contributed by atoms with Gasteiger partial charge in [0.1, 0.15) is 24.1 Å². The molecule has 0 radical (unpaired) electrons. The molecule has 3 aromatic carbocycles. The number of rotatable bonds is 12.